The molecule has 1 rings (SSSR count). The van der Waals surface area contributed by atoms with E-state index in [-0.39, 0.29) is 0 Å². The van der Waals surface area contributed by atoms with Gasteiger partial charge in [0.15, 0.2) is 0 Å². The molecular formula is C9H18O2. The Hall–Kier alpha value is -0.0800. The minimum absolute atomic E-state index is 0.308. The molecule has 0 amide bonds. The van der Waals surface area contributed by atoms with Gasteiger partial charge in [-0.05, 0) is 18.8 Å². The lowest BCUT2D eigenvalue weighted by atomic mass is 9.86. The molecule has 0 aromatic heterocycles. The normalized spacial score (nSPS) is 29.2. The van der Waals surface area contributed by atoms with Crippen molar-refractivity contribution in [1.82, 2.24) is 0 Å². The molecule has 1 saturated heterocycles. The number of ether oxygens (including phenoxy) is 2. The number of hydrogen-bond acceptors (Lipinski definition) is 2. The molecule has 1 atom stereocenters. The molecule has 0 N–H and O–H groups in total. The molecule has 0 radical (unpaired) electrons. The van der Waals surface area contributed by atoms with Crippen LogP contribution in [0.5, 0.6) is 0 Å². The highest BCUT2D eigenvalue weighted by atomic mass is 16.5. The Kier molecular flexibility index (Phi) is 2.90. The lowest BCUT2D eigenvalue weighted by Crippen LogP contribution is -2.29. The van der Waals surface area contributed by atoms with E-state index < -0.39 is 0 Å². The fourth-order valence-electron chi connectivity index (χ4n) is 1.35. The van der Waals surface area contributed by atoms with E-state index in [4.69, 9.17) is 9.47 Å². The summed E-state index contributed by atoms with van der Waals surface area (Å²) in [7, 11) is 0. The van der Waals surface area contributed by atoms with Gasteiger partial charge in [-0.2, -0.15) is 0 Å². The van der Waals surface area contributed by atoms with Gasteiger partial charge in [0.25, 0.3) is 0 Å². The molecule has 2 heteroatoms. The van der Waals surface area contributed by atoms with Gasteiger partial charge in [0, 0.05) is 13.2 Å². The average Bonchev–Trinajstić information content (AvgIpc) is 2.25. The van der Waals surface area contributed by atoms with Gasteiger partial charge in [-0.1, -0.05) is 13.8 Å². The Balaban J connectivity index is 2.32. The first-order chi connectivity index (χ1) is 5.17. The summed E-state index contributed by atoms with van der Waals surface area (Å²) >= 11 is 0. The molecule has 0 aromatic rings. The second-order valence-corrected chi connectivity index (χ2v) is 3.76. The Morgan fingerprint density at radius 1 is 1.55 bits per heavy atom. The Morgan fingerprint density at radius 3 is 2.73 bits per heavy atom. The van der Waals surface area contributed by atoms with E-state index in [1.165, 1.54) is 0 Å². The van der Waals surface area contributed by atoms with Gasteiger partial charge in [-0.25, -0.2) is 0 Å². The molecule has 1 heterocycles. The van der Waals surface area contributed by atoms with Crippen molar-refractivity contribution in [2.45, 2.75) is 33.3 Å². The zero-order chi connectivity index (χ0) is 8.32. The first-order valence-corrected chi connectivity index (χ1v) is 4.36. The topological polar surface area (TPSA) is 18.5 Å². The third-order valence-electron chi connectivity index (χ3n) is 2.41. The monoisotopic (exact) mass is 158 g/mol. The van der Waals surface area contributed by atoms with Crippen LogP contribution in [0.1, 0.15) is 27.2 Å². The maximum Gasteiger partial charge on any atom is 0.0860 e. The highest BCUT2D eigenvalue weighted by Gasteiger charge is 2.35. The van der Waals surface area contributed by atoms with Crippen LogP contribution >= 0.6 is 0 Å². The largest absolute Gasteiger partial charge is 0.379 e. The van der Waals surface area contributed by atoms with Crippen molar-refractivity contribution < 1.29 is 9.47 Å². The molecule has 1 aliphatic rings. The molecule has 1 fully saturated rings. The molecular weight excluding hydrogens is 140 g/mol. The van der Waals surface area contributed by atoms with Crippen molar-refractivity contribution >= 4 is 0 Å². The summed E-state index contributed by atoms with van der Waals surface area (Å²) < 4.78 is 10.9. The molecule has 0 aliphatic carbocycles. The fraction of sp³-hybridized carbons (Fsp3) is 1.00. The highest BCUT2D eigenvalue weighted by Crippen LogP contribution is 2.33. The van der Waals surface area contributed by atoms with Crippen molar-refractivity contribution in [3.05, 3.63) is 0 Å². The van der Waals surface area contributed by atoms with Crippen molar-refractivity contribution in [2.75, 3.05) is 19.8 Å². The van der Waals surface area contributed by atoms with Crippen LogP contribution in [-0.4, -0.2) is 25.9 Å². The molecule has 66 valence electrons. The van der Waals surface area contributed by atoms with Crippen LogP contribution in [0.3, 0.4) is 0 Å². The zero-order valence-electron chi connectivity index (χ0n) is 7.72. The summed E-state index contributed by atoms with van der Waals surface area (Å²) in [6, 6.07) is 0. The van der Waals surface area contributed by atoms with E-state index in [0.717, 1.165) is 26.2 Å². The first kappa shape index (κ1) is 9.01. The maximum absolute atomic E-state index is 5.55. The lowest BCUT2D eigenvalue weighted by molar-refractivity contribution is -0.0133. The van der Waals surface area contributed by atoms with E-state index in [1.54, 1.807) is 0 Å². The second kappa shape index (κ2) is 3.55. The van der Waals surface area contributed by atoms with Crippen LogP contribution < -0.4 is 0 Å². The van der Waals surface area contributed by atoms with Crippen molar-refractivity contribution in [3.63, 3.8) is 0 Å². The van der Waals surface area contributed by atoms with Crippen LogP contribution in [0.4, 0.5) is 0 Å². The molecule has 11 heavy (non-hydrogen) atoms. The SMILES string of the molecule is CCOCC1OCCC1(C)C. The standard InChI is InChI=1S/C9H18O2/c1-4-10-7-8-9(2,3)5-6-11-8/h8H,4-7H2,1-3H3. The Bertz CT molecular complexity index is 121. The average molecular weight is 158 g/mol. The van der Waals surface area contributed by atoms with Crippen LogP contribution in [0.15, 0.2) is 0 Å². The minimum atomic E-state index is 0.308. The van der Waals surface area contributed by atoms with Crippen molar-refractivity contribution in [1.29, 1.82) is 0 Å². The summed E-state index contributed by atoms with van der Waals surface area (Å²) in [6.45, 7) is 8.93. The molecule has 0 aromatic carbocycles. The first-order valence-electron chi connectivity index (χ1n) is 4.36. The highest BCUT2D eigenvalue weighted by molar-refractivity contribution is 4.83. The Morgan fingerprint density at radius 2 is 2.27 bits per heavy atom. The van der Waals surface area contributed by atoms with E-state index in [0.29, 0.717) is 11.5 Å². The van der Waals surface area contributed by atoms with Gasteiger partial charge >= 0.3 is 0 Å². The predicted octanol–water partition coefficient (Wildman–Crippen LogP) is 1.84. The van der Waals surface area contributed by atoms with Gasteiger partial charge in [0.2, 0.25) is 0 Å². The summed E-state index contributed by atoms with van der Waals surface area (Å²) in [5.74, 6) is 0. The fourth-order valence-corrected chi connectivity index (χ4v) is 1.35. The minimum Gasteiger partial charge on any atom is -0.379 e. The maximum atomic E-state index is 5.55. The van der Waals surface area contributed by atoms with Crippen LogP contribution in [-0.2, 0) is 9.47 Å². The third kappa shape index (κ3) is 2.17. The van der Waals surface area contributed by atoms with Gasteiger partial charge in [0.1, 0.15) is 0 Å². The molecule has 1 aliphatic heterocycles. The predicted molar refractivity (Wildman–Crippen MR) is 44.6 cm³/mol. The number of rotatable bonds is 3. The summed E-state index contributed by atoms with van der Waals surface area (Å²) in [5, 5.41) is 0. The quantitative estimate of drug-likeness (QED) is 0.624. The summed E-state index contributed by atoms with van der Waals surface area (Å²) in [4.78, 5) is 0. The summed E-state index contributed by atoms with van der Waals surface area (Å²) in [6.07, 6.45) is 1.47. The molecule has 0 spiro atoms. The summed E-state index contributed by atoms with van der Waals surface area (Å²) in [5.41, 5.74) is 0.315. The zero-order valence-corrected chi connectivity index (χ0v) is 7.72. The van der Waals surface area contributed by atoms with E-state index >= 15 is 0 Å². The van der Waals surface area contributed by atoms with E-state index in [1.807, 2.05) is 6.92 Å². The molecule has 1 unspecified atom stereocenters. The Labute approximate surface area is 68.9 Å². The third-order valence-corrected chi connectivity index (χ3v) is 2.41. The van der Waals surface area contributed by atoms with E-state index in [9.17, 15) is 0 Å². The van der Waals surface area contributed by atoms with Gasteiger partial charge in [0.05, 0.1) is 12.7 Å². The molecule has 2 nitrogen and oxygen atoms in total. The number of hydrogen-bond donors (Lipinski definition) is 0. The van der Waals surface area contributed by atoms with E-state index in [2.05, 4.69) is 13.8 Å². The van der Waals surface area contributed by atoms with Gasteiger partial charge in [-0.3, -0.25) is 0 Å². The second-order valence-electron chi connectivity index (χ2n) is 3.76. The van der Waals surface area contributed by atoms with Gasteiger partial charge < -0.3 is 9.47 Å². The van der Waals surface area contributed by atoms with Crippen molar-refractivity contribution in [3.8, 4) is 0 Å². The van der Waals surface area contributed by atoms with Crippen LogP contribution in [0.2, 0.25) is 0 Å². The lowest BCUT2D eigenvalue weighted by Gasteiger charge is -2.24. The van der Waals surface area contributed by atoms with Gasteiger partial charge in [-0.15, -0.1) is 0 Å². The molecule has 0 saturated carbocycles. The smallest absolute Gasteiger partial charge is 0.0860 e. The van der Waals surface area contributed by atoms with Crippen LogP contribution in [0, 0.1) is 5.41 Å². The molecule has 0 bridgehead atoms. The van der Waals surface area contributed by atoms with Crippen molar-refractivity contribution in [2.24, 2.45) is 5.41 Å². The van der Waals surface area contributed by atoms with Crippen LogP contribution in [0.25, 0.3) is 0 Å².